The molecule has 0 spiro atoms. The highest BCUT2D eigenvalue weighted by atomic mass is 32.2. The van der Waals surface area contributed by atoms with Crippen LogP contribution in [0.3, 0.4) is 0 Å². The van der Waals surface area contributed by atoms with Gasteiger partial charge in [-0.2, -0.15) is 0 Å². The molecule has 0 saturated carbocycles. The number of nitrogens with zero attached hydrogens (tertiary/aromatic N) is 1. The number of anilines is 2. The van der Waals surface area contributed by atoms with Gasteiger partial charge in [-0.25, -0.2) is 8.42 Å². The minimum Gasteiger partial charge on any atom is -0.476 e. The quantitative estimate of drug-likeness (QED) is 0.786. The first-order chi connectivity index (χ1) is 13.9. The van der Waals surface area contributed by atoms with E-state index in [1.165, 1.54) is 9.87 Å². The first kappa shape index (κ1) is 22.2. The third kappa shape index (κ3) is 4.78. The van der Waals surface area contributed by atoms with E-state index in [0.717, 1.165) is 11.8 Å². The maximum atomic E-state index is 12.8. The smallest absolute Gasteiger partial charge is 0.267 e. The molecule has 0 fully saturated rings. The van der Waals surface area contributed by atoms with Crippen LogP contribution in [0.25, 0.3) is 0 Å². The molecule has 30 heavy (non-hydrogen) atoms. The Morgan fingerprint density at radius 1 is 1.13 bits per heavy atom. The number of carbonyl (C=O) groups excluding carboxylic acids is 1. The average molecular weight is 431 g/mol. The van der Waals surface area contributed by atoms with E-state index in [1.54, 1.807) is 6.07 Å². The second-order valence-electron chi connectivity index (χ2n) is 9.10. The van der Waals surface area contributed by atoms with Gasteiger partial charge in [0.15, 0.2) is 6.10 Å². The summed E-state index contributed by atoms with van der Waals surface area (Å²) < 4.78 is 32.1. The van der Waals surface area contributed by atoms with Crippen molar-refractivity contribution in [2.45, 2.75) is 52.1 Å². The van der Waals surface area contributed by atoms with E-state index >= 15 is 0 Å². The molecule has 0 aromatic heterocycles. The maximum Gasteiger partial charge on any atom is 0.267 e. The molecule has 1 aliphatic heterocycles. The Morgan fingerprint density at radius 3 is 2.30 bits per heavy atom. The molecule has 0 unspecified atom stereocenters. The zero-order valence-electron chi connectivity index (χ0n) is 18.4. The van der Waals surface area contributed by atoms with Crippen LogP contribution in [0.5, 0.6) is 5.75 Å². The van der Waals surface area contributed by atoms with Gasteiger partial charge in [0.1, 0.15) is 5.75 Å². The molecule has 0 bridgehead atoms. The lowest BCUT2D eigenvalue weighted by molar-refractivity contribution is -0.122. The zero-order valence-corrected chi connectivity index (χ0v) is 19.2. The molecule has 1 amide bonds. The molecule has 1 N–H and O–H groups in total. The number of amides is 1. The fraction of sp³-hybridized carbons (Fsp3) is 0.435. The van der Waals surface area contributed by atoms with Crippen LogP contribution in [0.2, 0.25) is 0 Å². The molecule has 1 heterocycles. The standard InChI is InChI=1S/C23H30N2O4S/c1-15(2)16-7-10-18(11-8-16)24-22(26)21-14-25(30(6,27)28)19-13-17(23(3,4)5)9-12-20(19)29-21/h7-13,15,21H,14H2,1-6H3,(H,24,26)/t21-/m1/s1. The van der Waals surface area contributed by atoms with Crippen LogP contribution in [-0.2, 0) is 20.2 Å². The molecule has 0 radical (unpaired) electrons. The van der Waals surface area contributed by atoms with Gasteiger partial charge < -0.3 is 10.1 Å². The van der Waals surface area contributed by atoms with Crippen molar-refractivity contribution in [3.05, 3.63) is 53.6 Å². The molecule has 7 heteroatoms. The van der Waals surface area contributed by atoms with Crippen LogP contribution in [0, 0.1) is 0 Å². The molecule has 1 atom stereocenters. The first-order valence-corrected chi connectivity index (χ1v) is 11.9. The normalized spacial score (nSPS) is 16.8. The van der Waals surface area contributed by atoms with E-state index < -0.39 is 16.1 Å². The molecule has 162 valence electrons. The lowest BCUT2D eigenvalue weighted by atomic mass is 9.86. The van der Waals surface area contributed by atoms with Crippen LogP contribution in [0.15, 0.2) is 42.5 Å². The summed E-state index contributed by atoms with van der Waals surface area (Å²) >= 11 is 0. The summed E-state index contributed by atoms with van der Waals surface area (Å²) in [5.74, 6) is 0.399. The van der Waals surface area contributed by atoms with Crippen molar-refractivity contribution in [2.75, 3.05) is 22.4 Å². The predicted molar refractivity (Wildman–Crippen MR) is 121 cm³/mol. The summed E-state index contributed by atoms with van der Waals surface area (Å²) in [6, 6.07) is 13.1. The van der Waals surface area contributed by atoms with Gasteiger partial charge >= 0.3 is 0 Å². The summed E-state index contributed by atoms with van der Waals surface area (Å²) in [6.07, 6.45) is 0.198. The Bertz CT molecular complexity index is 1040. The van der Waals surface area contributed by atoms with Crippen LogP contribution < -0.4 is 14.4 Å². The number of nitrogens with one attached hydrogen (secondary N) is 1. The topological polar surface area (TPSA) is 75.7 Å². The van der Waals surface area contributed by atoms with Crippen LogP contribution in [0.1, 0.15) is 51.7 Å². The monoisotopic (exact) mass is 430 g/mol. The van der Waals surface area contributed by atoms with E-state index in [0.29, 0.717) is 23.0 Å². The van der Waals surface area contributed by atoms with Crippen LogP contribution in [0.4, 0.5) is 11.4 Å². The fourth-order valence-corrected chi connectivity index (χ4v) is 4.25. The van der Waals surface area contributed by atoms with Crippen LogP contribution in [-0.4, -0.2) is 33.2 Å². The largest absolute Gasteiger partial charge is 0.476 e. The highest BCUT2D eigenvalue weighted by Gasteiger charge is 2.35. The van der Waals surface area contributed by atoms with Crippen molar-refractivity contribution >= 4 is 27.3 Å². The second-order valence-corrected chi connectivity index (χ2v) is 11.0. The molecule has 6 nitrogen and oxygen atoms in total. The Labute approximate surface area is 179 Å². The number of hydrogen-bond donors (Lipinski definition) is 1. The van der Waals surface area contributed by atoms with Gasteiger partial charge in [0.25, 0.3) is 5.91 Å². The number of sulfonamides is 1. The number of fused-ring (bicyclic) bond motifs is 1. The molecule has 1 aliphatic rings. The lowest BCUT2D eigenvalue weighted by Crippen LogP contribution is -2.48. The van der Waals surface area contributed by atoms with Crippen molar-refractivity contribution in [2.24, 2.45) is 0 Å². The number of ether oxygens (including phenoxy) is 1. The highest BCUT2D eigenvalue weighted by molar-refractivity contribution is 7.92. The first-order valence-electron chi connectivity index (χ1n) is 10.1. The van der Waals surface area contributed by atoms with E-state index in [2.05, 4.69) is 39.9 Å². The minimum atomic E-state index is -3.58. The summed E-state index contributed by atoms with van der Waals surface area (Å²) in [4.78, 5) is 12.8. The summed E-state index contributed by atoms with van der Waals surface area (Å²) in [5, 5.41) is 2.83. The van der Waals surface area contributed by atoms with Crippen molar-refractivity contribution < 1.29 is 17.9 Å². The van der Waals surface area contributed by atoms with Gasteiger partial charge in [-0.3, -0.25) is 9.10 Å². The van der Waals surface area contributed by atoms with Crippen molar-refractivity contribution in [3.8, 4) is 5.75 Å². The van der Waals surface area contributed by atoms with Gasteiger partial charge in [0, 0.05) is 5.69 Å². The van der Waals surface area contributed by atoms with Gasteiger partial charge in [0.2, 0.25) is 10.0 Å². The summed E-state index contributed by atoms with van der Waals surface area (Å²) in [7, 11) is -3.58. The fourth-order valence-electron chi connectivity index (χ4n) is 3.34. The number of carbonyl (C=O) groups is 1. The Balaban J connectivity index is 1.87. The van der Waals surface area contributed by atoms with E-state index in [1.807, 2.05) is 36.4 Å². The molecule has 2 aromatic rings. The van der Waals surface area contributed by atoms with Gasteiger partial charge in [-0.15, -0.1) is 0 Å². The molecule has 0 aliphatic carbocycles. The third-order valence-electron chi connectivity index (χ3n) is 5.23. The molecule has 2 aromatic carbocycles. The Hall–Kier alpha value is -2.54. The Morgan fingerprint density at radius 2 is 1.77 bits per heavy atom. The Kier molecular flexibility index (Phi) is 5.87. The van der Waals surface area contributed by atoms with Gasteiger partial charge in [0.05, 0.1) is 18.5 Å². The summed E-state index contributed by atoms with van der Waals surface area (Å²) in [6.45, 7) is 10.3. The third-order valence-corrected chi connectivity index (χ3v) is 6.38. The molecule has 0 saturated heterocycles. The number of rotatable bonds is 4. The lowest BCUT2D eigenvalue weighted by Gasteiger charge is -2.35. The van der Waals surface area contributed by atoms with Gasteiger partial charge in [-0.1, -0.05) is 52.8 Å². The molecule has 3 rings (SSSR count). The second kappa shape index (κ2) is 7.95. The maximum absolute atomic E-state index is 12.8. The van der Waals surface area contributed by atoms with E-state index in [-0.39, 0.29) is 17.9 Å². The summed E-state index contributed by atoms with van der Waals surface area (Å²) in [5.41, 5.74) is 3.14. The number of benzene rings is 2. The van der Waals surface area contributed by atoms with Crippen LogP contribution >= 0.6 is 0 Å². The van der Waals surface area contributed by atoms with Crippen molar-refractivity contribution in [1.82, 2.24) is 0 Å². The highest BCUT2D eigenvalue weighted by Crippen LogP contribution is 2.38. The van der Waals surface area contributed by atoms with E-state index in [4.69, 9.17) is 4.74 Å². The van der Waals surface area contributed by atoms with E-state index in [9.17, 15) is 13.2 Å². The molecular formula is C23H30N2O4S. The number of hydrogen-bond acceptors (Lipinski definition) is 4. The molecular weight excluding hydrogens is 400 g/mol. The SMILES string of the molecule is CC(C)c1ccc(NC(=O)[C@H]2CN(S(C)(=O)=O)c3cc(C(C)(C)C)ccc3O2)cc1. The van der Waals surface area contributed by atoms with Crippen molar-refractivity contribution in [1.29, 1.82) is 0 Å². The zero-order chi connectivity index (χ0) is 22.3. The van der Waals surface area contributed by atoms with Crippen molar-refractivity contribution in [3.63, 3.8) is 0 Å². The predicted octanol–water partition coefficient (Wildman–Crippen LogP) is 4.27. The van der Waals surface area contributed by atoms with Gasteiger partial charge in [-0.05, 0) is 46.7 Å². The minimum absolute atomic E-state index is 0.0741. The average Bonchev–Trinajstić information content (AvgIpc) is 2.65.